The van der Waals surface area contributed by atoms with Gasteiger partial charge in [0.25, 0.3) is 0 Å². The maximum Gasteiger partial charge on any atom is 0.357 e. The zero-order valence-corrected chi connectivity index (χ0v) is 13.6. The van der Waals surface area contributed by atoms with Crippen molar-refractivity contribution < 1.29 is 22.7 Å². The van der Waals surface area contributed by atoms with E-state index < -0.39 is 16.0 Å². The van der Waals surface area contributed by atoms with Crippen LogP contribution in [0.1, 0.15) is 16.1 Å². The van der Waals surface area contributed by atoms with E-state index in [-0.39, 0.29) is 27.6 Å². The quantitative estimate of drug-likeness (QED) is 0.756. The van der Waals surface area contributed by atoms with Crippen LogP contribution in [0.2, 0.25) is 0 Å². The Morgan fingerprint density at radius 1 is 1.33 bits per heavy atom. The van der Waals surface area contributed by atoms with Crippen molar-refractivity contribution >= 4 is 21.7 Å². The number of sulfonamides is 1. The second kappa shape index (κ2) is 6.23. The third-order valence-corrected chi connectivity index (χ3v) is 4.23. The number of primary sulfonamides is 1. The van der Waals surface area contributed by atoms with Crippen LogP contribution in [0.15, 0.2) is 29.3 Å². The van der Waals surface area contributed by atoms with Gasteiger partial charge >= 0.3 is 5.97 Å². The molecule has 2 rings (SSSR count). The number of nitriles is 1. The molecule has 1 heterocycles. The molecule has 1 aromatic carbocycles. The van der Waals surface area contributed by atoms with Crippen molar-refractivity contribution in [1.82, 2.24) is 4.57 Å². The predicted octanol–water partition coefficient (Wildman–Crippen LogP) is 0.374. The molecule has 0 amide bonds. The van der Waals surface area contributed by atoms with E-state index in [0.717, 1.165) is 0 Å². The van der Waals surface area contributed by atoms with Crippen molar-refractivity contribution in [1.29, 1.82) is 5.26 Å². The molecule has 126 valence electrons. The molecule has 0 radical (unpaired) electrons. The zero-order chi connectivity index (χ0) is 18.1. The topological polar surface area (TPSA) is 150 Å². The van der Waals surface area contributed by atoms with Gasteiger partial charge < -0.3 is 19.8 Å². The molecule has 0 aliphatic rings. The number of methoxy groups -OCH3 is 2. The van der Waals surface area contributed by atoms with Crippen molar-refractivity contribution in [3.05, 3.63) is 35.7 Å². The van der Waals surface area contributed by atoms with Gasteiger partial charge in [0.2, 0.25) is 10.0 Å². The van der Waals surface area contributed by atoms with Crippen LogP contribution in [0.5, 0.6) is 5.75 Å². The molecule has 10 heteroatoms. The summed E-state index contributed by atoms with van der Waals surface area (Å²) in [7, 11) is -1.53. The van der Waals surface area contributed by atoms with Gasteiger partial charge in [0.05, 0.1) is 25.5 Å². The van der Waals surface area contributed by atoms with Crippen molar-refractivity contribution in [3.8, 4) is 17.5 Å². The van der Waals surface area contributed by atoms with Gasteiger partial charge in [0, 0.05) is 18.0 Å². The van der Waals surface area contributed by atoms with E-state index in [4.69, 9.17) is 20.9 Å². The second-order valence-corrected chi connectivity index (χ2v) is 6.19. The molecular weight excluding hydrogens is 336 g/mol. The smallest absolute Gasteiger partial charge is 0.357 e. The molecule has 0 aliphatic carbocycles. The normalized spacial score (nSPS) is 10.9. The van der Waals surface area contributed by atoms with E-state index in [1.807, 2.05) is 6.07 Å². The second-order valence-electron chi connectivity index (χ2n) is 4.66. The van der Waals surface area contributed by atoms with Gasteiger partial charge in [0.15, 0.2) is 5.69 Å². The number of hydrogen-bond donors (Lipinski definition) is 2. The van der Waals surface area contributed by atoms with E-state index in [9.17, 15) is 13.2 Å². The number of carbonyl (C=O) groups excluding carboxylic acids is 1. The van der Waals surface area contributed by atoms with Crippen LogP contribution in [-0.4, -0.2) is 33.2 Å². The molecule has 0 fully saturated rings. The molecule has 0 saturated carbocycles. The van der Waals surface area contributed by atoms with Gasteiger partial charge in [-0.2, -0.15) is 5.26 Å². The van der Waals surface area contributed by atoms with Crippen molar-refractivity contribution in [2.75, 3.05) is 20.0 Å². The Morgan fingerprint density at radius 2 is 2.00 bits per heavy atom. The predicted molar refractivity (Wildman–Crippen MR) is 84.2 cm³/mol. The Balaban J connectivity index is 2.74. The lowest BCUT2D eigenvalue weighted by Crippen LogP contribution is -2.14. The lowest BCUT2D eigenvalue weighted by molar-refractivity contribution is 0.0593. The van der Waals surface area contributed by atoms with Gasteiger partial charge in [-0.1, -0.05) is 0 Å². The number of anilines is 1. The molecule has 2 aromatic rings. The molecule has 0 spiro atoms. The van der Waals surface area contributed by atoms with E-state index in [2.05, 4.69) is 4.74 Å². The number of esters is 1. The summed E-state index contributed by atoms with van der Waals surface area (Å²) in [5.41, 5.74) is 6.12. The third kappa shape index (κ3) is 2.90. The molecule has 24 heavy (non-hydrogen) atoms. The summed E-state index contributed by atoms with van der Waals surface area (Å²) in [5, 5.41) is 14.2. The first-order chi connectivity index (χ1) is 11.2. The van der Waals surface area contributed by atoms with Crippen LogP contribution in [0.3, 0.4) is 0 Å². The Morgan fingerprint density at radius 3 is 2.50 bits per heavy atom. The minimum atomic E-state index is -3.99. The number of hydrogen-bond acceptors (Lipinski definition) is 7. The molecule has 0 unspecified atom stereocenters. The molecule has 0 aliphatic heterocycles. The van der Waals surface area contributed by atoms with Crippen LogP contribution in [0.25, 0.3) is 5.69 Å². The molecule has 9 nitrogen and oxygen atoms in total. The monoisotopic (exact) mass is 350 g/mol. The maximum atomic E-state index is 12.0. The highest BCUT2D eigenvalue weighted by atomic mass is 32.2. The minimum absolute atomic E-state index is 0.0170. The molecule has 0 atom stereocenters. The van der Waals surface area contributed by atoms with Crippen LogP contribution in [0.4, 0.5) is 5.69 Å². The van der Waals surface area contributed by atoms with Crippen molar-refractivity contribution in [3.63, 3.8) is 0 Å². The lowest BCUT2D eigenvalue weighted by atomic mass is 10.2. The number of benzene rings is 1. The average Bonchev–Trinajstić information content (AvgIpc) is 2.89. The molecular formula is C14H14N4O5S. The first-order valence-electron chi connectivity index (χ1n) is 6.45. The molecule has 4 N–H and O–H groups in total. The Labute approximate surface area is 138 Å². The number of carbonyl (C=O) groups is 1. The van der Waals surface area contributed by atoms with Gasteiger partial charge in [0.1, 0.15) is 16.7 Å². The van der Waals surface area contributed by atoms with Gasteiger partial charge in [-0.05, 0) is 12.1 Å². The maximum absolute atomic E-state index is 12.0. The third-order valence-electron chi connectivity index (χ3n) is 3.28. The van der Waals surface area contributed by atoms with Crippen molar-refractivity contribution in [2.24, 2.45) is 5.14 Å². The first kappa shape index (κ1) is 17.3. The average molecular weight is 350 g/mol. The minimum Gasteiger partial charge on any atom is -0.495 e. The van der Waals surface area contributed by atoms with E-state index in [0.29, 0.717) is 5.69 Å². The summed E-state index contributed by atoms with van der Waals surface area (Å²) in [4.78, 5) is 11.7. The fraction of sp³-hybridized carbons (Fsp3) is 0.143. The number of aromatic nitrogens is 1. The highest BCUT2D eigenvalue weighted by molar-refractivity contribution is 7.89. The molecule has 0 bridgehead atoms. The highest BCUT2D eigenvalue weighted by Gasteiger charge is 2.23. The summed E-state index contributed by atoms with van der Waals surface area (Å²) < 4.78 is 34.1. The number of nitrogen functional groups attached to an aromatic ring is 1. The summed E-state index contributed by atoms with van der Waals surface area (Å²) in [5.74, 6) is -0.764. The number of rotatable bonds is 4. The fourth-order valence-corrected chi connectivity index (χ4v) is 2.84. The number of ether oxygens (including phenoxy) is 2. The van der Waals surface area contributed by atoms with Gasteiger partial charge in [-0.15, -0.1) is 0 Å². The van der Waals surface area contributed by atoms with Gasteiger partial charge in [-0.3, -0.25) is 0 Å². The van der Waals surface area contributed by atoms with Gasteiger partial charge in [-0.25, -0.2) is 18.4 Å². The largest absolute Gasteiger partial charge is 0.495 e. The highest BCUT2D eigenvalue weighted by Crippen LogP contribution is 2.29. The van der Waals surface area contributed by atoms with Crippen LogP contribution < -0.4 is 15.6 Å². The zero-order valence-electron chi connectivity index (χ0n) is 12.8. The summed E-state index contributed by atoms with van der Waals surface area (Å²) in [6.07, 6.45) is 1.34. The number of nitrogens with two attached hydrogens (primary N) is 2. The lowest BCUT2D eigenvalue weighted by Gasteiger charge is -2.12. The first-order valence-corrected chi connectivity index (χ1v) is 7.99. The van der Waals surface area contributed by atoms with Crippen LogP contribution in [0, 0.1) is 11.3 Å². The van der Waals surface area contributed by atoms with E-state index in [1.165, 1.54) is 43.2 Å². The summed E-state index contributed by atoms with van der Waals surface area (Å²) >= 11 is 0. The Hall–Kier alpha value is -3.03. The molecule has 0 saturated heterocycles. The van der Waals surface area contributed by atoms with Crippen LogP contribution >= 0.6 is 0 Å². The van der Waals surface area contributed by atoms with E-state index >= 15 is 0 Å². The number of nitrogens with zero attached hydrogens (tertiary/aromatic N) is 2. The fourth-order valence-electron chi connectivity index (χ4n) is 2.16. The van der Waals surface area contributed by atoms with E-state index in [1.54, 1.807) is 0 Å². The standard InChI is InChI=1S/C14H14N4O5S/c1-22-10-5-9(3-4-11(10)24(17,20)21)18-7-8(6-15)12(16)13(18)14(19)23-2/h3-5,7H,16H2,1-2H3,(H2,17,20,21). The Bertz CT molecular complexity index is 956. The van der Waals surface area contributed by atoms with Crippen LogP contribution in [-0.2, 0) is 14.8 Å². The summed E-state index contributed by atoms with van der Waals surface area (Å²) in [6, 6.07) is 5.85. The SMILES string of the molecule is COC(=O)c1c(N)c(C#N)cn1-c1ccc(S(N)(=O)=O)c(OC)c1. The molecule has 1 aromatic heterocycles. The Kier molecular flexibility index (Phi) is 4.50. The summed E-state index contributed by atoms with van der Waals surface area (Å²) in [6.45, 7) is 0. The van der Waals surface area contributed by atoms with Crippen molar-refractivity contribution in [2.45, 2.75) is 4.90 Å².